The Bertz CT molecular complexity index is 463. The summed E-state index contributed by atoms with van der Waals surface area (Å²) in [6.45, 7) is 3.46. The van der Waals surface area contributed by atoms with Crippen LogP contribution < -0.4 is 5.32 Å². The third kappa shape index (κ3) is 3.16. The maximum absolute atomic E-state index is 4.88. The highest BCUT2D eigenvalue weighted by atomic mass is 15.3. The lowest BCUT2D eigenvalue weighted by Crippen LogP contribution is -2.35. The van der Waals surface area contributed by atoms with Gasteiger partial charge in [0, 0.05) is 37.9 Å². The molecule has 1 aromatic heterocycles. The van der Waals surface area contributed by atoms with Crippen LogP contribution in [0.1, 0.15) is 63.1 Å². The molecule has 2 unspecified atom stereocenters. The number of fused-ring (bicyclic) bond motifs is 2. The number of aromatic nitrogens is 2. The number of nitrogens with zero attached hydrogens (tertiary/aromatic N) is 3. The molecule has 116 valence electrons. The first-order valence-corrected chi connectivity index (χ1v) is 8.89. The van der Waals surface area contributed by atoms with Crippen LogP contribution in [0.2, 0.25) is 0 Å². The minimum Gasteiger partial charge on any atom is -0.310 e. The van der Waals surface area contributed by atoms with Gasteiger partial charge in [0.15, 0.2) is 0 Å². The van der Waals surface area contributed by atoms with E-state index in [0.717, 1.165) is 18.6 Å². The third-order valence-corrected chi connectivity index (χ3v) is 5.61. The van der Waals surface area contributed by atoms with Gasteiger partial charge in [-0.1, -0.05) is 19.3 Å². The van der Waals surface area contributed by atoms with Gasteiger partial charge in [0.2, 0.25) is 0 Å². The molecule has 1 aromatic rings. The summed E-state index contributed by atoms with van der Waals surface area (Å²) in [6, 6.07) is 4.40. The van der Waals surface area contributed by atoms with Gasteiger partial charge in [-0.3, -0.25) is 9.58 Å². The Hall–Kier alpha value is -0.870. The maximum Gasteiger partial charge on any atom is 0.0764 e. The third-order valence-electron chi connectivity index (χ3n) is 5.61. The molecule has 21 heavy (non-hydrogen) atoms. The van der Waals surface area contributed by atoms with Crippen LogP contribution in [0.15, 0.2) is 12.3 Å². The second-order valence-corrected chi connectivity index (χ2v) is 7.24. The van der Waals surface area contributed by atoms with Crippen LogP contribution >= 0.6 is 0 Å². The Kier molecular flexibility index (Phi) is 3.99. The van der Waals surface area contributed by atoms with Crippen LogP contribution in [-0.4, -0.2) is 39.9 Å². The molecule has 1 N–H and O–H groups in total. The van der Waals surface area contributed by atoms with Gasteiger partial charge in [0.05, 0.1) is 11.7 Å². The monoisotopic (exact) mass is 288 g/mol. The van der Waals surface area contributed by atoms with Gasteiger partial charge in [-0.25, -0.2) is 0 Å². The molecule has 0 amide bonds. The van der Waals surface area contributed by atoms with Crippen LogP contribution in [0.5, 0.6) is 0 Å². The summed E-state index contributed by atoms with van der Waals surface area (Å²) < 4.78 is 2.25. The van der Waals surface area contributed by atoms with Crippen molar-refractivity contribution in [1.82, 2.24) is 20.0 Å². The summed E-state index contributed by atoms with van der Waals surface area (Å²) in [5.74, 6) is 0. The average Bonchev–Trinajstić information content (AvgIpc) is 3.09. The number of rotatable bonds is 3. The van der Waals surface area contributed by atoms with E-state index in [2.05, 4.69) is 27.2 Å². The SMILES string of the molecule is c1cn(C2CCCCC2)nc1CN1CCC2CCC(C1)N2. The zero-order valence-electron chi connectivity index (χ0n) is 13.0. The molecular weight excluding hydrogens is 260 g/mol. The molecule has 0 spiro atoms. The summed E-state index contributed by atoms with van der Waals surface area (Å²) in [7, 11) is 0. The summed E-state index contributed by atoms with van der Waals surface area (Å²) in [5.41, 5.74) is 1.26. The normalized spacial score (nSPS) is 31.4. The average molecular weight is 288 g/mol. The van der Waals surface area contributed by atoms with Crippen molar-refractivity contribution in [3.8, 4) is 0 Å². The molecule has 0 aromatic carbocycles. The Balaban J connectivity index is 1.37. The lowest BCUT2D eigenvalue weighted by atomic mass is 9.96. The number of nitrogens with one attached hydrogen (secondary N) is 1. The van der Waals surface area contributed by atoms with Crippen LogP contribution in [-0.2, 0) is 6.54 Å². The predicted octanol–water partition coefficient (Wildman–Crippen LogP) is 2.71. The van der Waals surface area contributed by atoms with Crippen molar-refractivity contribution in [2.75, 3.05) is 13.1 Å². The second kappa shape index (κ2) is 6.09. The summed E-state index contributed by atoms with van der Waals surface area (Å²) >= 11 is 0. The van der Waals surface area contributed by atoms with Crippen molar-refractivity contribution in [3.63, 3.8) is 0 Å². The van der Waals surface area contributed by atoms with E-state index in [4.69, 9.17) is 5.10 Å². The fraction of sp³-hybridized carbons (Fsp3) is 0.824. The van der Waals surface area contributed by atoms with Crippen molar-refractivity contribution in [1.29, 1.82) is 0 Å². The molecule has 2 atom stereocenters. The number of likely N-dealkylation sites (tertiary alicyclic amines) is 1. The van der Waals surface area contributed by atoms with E-state index in [1.165, 1.54) is 70.2 Å². The lowest BCUT2D eigenvalue weighted by Gasteiger charge is -2.23. The van der Waals surface area contributed by atoms with Crippen molar-refractivity contribution in [2.24, 2.45) is 0 Å². The zero-order chi connectivity index (χ0) is 14.1. The van der Waals surface area contributed by atoms with E-state index in [0.29, 0.717) is 6.04 Å². The van der Waals surface area contributed by atoms with Crippen molar-refractivity contribution in [3.05, 3.63) is 18.0 Å². The van der Waals surface area contributed by atoms with E-state index in [1.54, 1.807) is 0 Å². The van der Waals surface area contributed by atoms with E-state index >= 15 is 0 Å². The Labute approximate surface area is 127 Å². The van der Waals surface area contributed by atoms with Gasteiger partial charge < -0.3 is 5.32 Å². The zero-order valence-corrected chi connectivity index (χ0v) is 13.0. The first kappa shape index (κ1) is 13.8. The molecule has 3 fully saturated rings. The topological polar surface area (TPSA) is 33.1 Å². The smallest absolute Gasteiger partial charge is 0.0764 e. The van der Waals surface area contributed by atoms with Gasteiger partial charge in [-0.15, -0.1) is 0 Å². The predicted molar refractivity (Wildman–Crippen MR) is 84.2 cm³/mol. The minimum atomic E-state index is 0.661. The highest BCUT2D eigenvalue weighted by Crippen LogP contribution is 2.27. The Morgan fingerprint density at radius 2 is 1.90 bits per heavy atom. The van der Waals surface area contributed by atoms with Gasteiger partial charge in [0.25, 0.3) is 0 Å². The standard InChI is InChI=1S/C17H28N4/c1-2-4-17(5-3-1)21-11-9-16(19-21)13-20-10-8-14-6-7-15(12-20)18-14/h9,11,14-15,17-18H,1-8,10,12-13H2. The highest BCUT2D eigenvalue weighted by molar-refractivity contribution is 5.01. The van der Waals surface area contributed by atoms with Gasteiger partial charge >= 0.3 is 0 Å². The molecule has 2 saturated heterocycles. The quantitative estimate of drug-likeness (QED) is 0.928. The van der Waals surface area contributed by atoms with Crippen molar-refractivity contribution in [2.45, 2.75) is 76.0 Å². The van der Waals surface area contributed by atoms with Crippen LogP contribution in [0.25, 0.3) is 0 Å². The van der Waals surface area contributed by atoms with E-state index < -0.39 is 0 Å². The molecule has 4 nitrogen and oxygen atoms in total. The molecule has 0 radical (unpaired) electrons. The van der Waals surface area contributed by atoms with Crippen LogP contribution in [0, 0.1) is 0 Å². The number of hydrogen-bond acceptors (Lipinski definition) is 3. The van der Waals surface area contributed by atoms with E-state index in [-0.39, 0.29) is 0 Å². The van der Waals surface area contributed by atoms with Gasteiger partial charge in [-0.2, -0.15) is 5.10 Å². The fourth-order valence-corrected chi connectivity index (χ4v) is 4.40. The lowest BCUT2D eigenvalue weighted by molar-refractivity contribution is 0.245. The van der Waals surface area contributed by atoms with Crippen LogP contribution in [0.3, 0.4) is 0 Å². The Morgan fingerprint density at radius 1 is 1.05 bits per heavy atom. The summed E-state index contributed by atoms with van der Waals surface area (Å²) in [5, 5.41) is 8.63. The highest BCUT2D eigenvalue weighted by Gasteiger charge is 2.29. The van der Waals surface area contributed by atoms with E-state index in [1.807, 2.05) is 0 Å². The molecule has 2 bridgehead atoms. The molecule has 4 heteroatoms. The summed E-state index contributed by atoms with van der Waals surface area (Å²) in [6.07, 6.45) is 13.1. The maximum atomic E-state index is 4.88. The molecule has 2 aliphatic heterocycles. The van der Waals surface area contributed by atoms with Crippen molar-refractivity contribution < 1.29 is 0 Å². The molecule has 3 aliphatic rings. The molecule has 1 aliphatic carbocycles. The van der Waals surface area contributed by atoms with E-state index in [9.17, 15) is 0 Å². The summed E-state index contributed by atoms with van der Waals surface area (Å²) in [4.78, 5) is 2.60. The first-order valence-electron chi connectivity index (χ1n) is 8.89. The molecule has 1 saturated carbocycles. The molecule has 3 heterocycles. The minimum absolute atomic E-state index is 0.661. The second-order valence-electron chi connectivity index (χ2n) is 7.24. The number of hydrogen-bond donors (Lipinski definition) is 1. The molecular formula is C17H28N4. The first-order chi connectivity index (χ1) is 10.4. The van der Waals surface area contributed by atoms with Crippen LogP contribution in [0.4, 0.5) is 0 Å². The Morgan fingerprint density at radius 3 is 2.81 bits per heavy atom. The molecule has 4 rings (SSSR count). The fourth-order valence-electron chi connectivity index (χ4n) is 4.40. The van der Waals surface area contributed by atoms with Crippen molar-refractivity contribution >= 4 is 0 Å². The van der Waals surface area contributed by atoms with Gasteiger partial charge in [-0.05, 0) is 38.2 Å². The largest absolute Gasteiger partial charge is 0.310 e. The van der Waals surface area contributed by atoms with Gasteiger partial charge in [0.1, 0.15) is 0 Å².